The number of pyridine rings is 1. The van der Waals surface area contributed by atoms with Crippen molar-refractivity contribution in [2.45, 2.75) is 26.7 Å². The van der Waals surface area contributed by atoms with E-state index in [-0.39, 0.29) is 11.5 Å². The van der Waals surface area contributed by atoms with Crippen molar-refractivity contribution < 1.29 is 4.79 Å². The Morgan fingerprint density at radius 1 is 1.10 bits per heavy atom. The summed E-state index contributed by atoms with van der Waals surface area (Å²) in [7, 11) is 0. The maximum absolute atomic E-state index is 12.2. The van der Waals surface area contributed by atoms with Gasteiger partial charge >= 0.3 is 0 Å². The Bertz CT molecular complexity index is 632. The number of amides is 1. The molecule has 0 saturated heterocycles. The molecule has 2 N–H and O–H groups in total. The van der Waals surface area contributed by atoms with Gasteiger partial charge in [-0.2, -0.15) is 0 Å². The average Bonchev–Trinajstić information content (AvgIpc) is 2.48. The lowest BCUT2D eigenvalue weighted by atomic mass is 10.0. The van der Waals surface area contributed by atoms with E-state index in [1.807, 2.05) is 18.2 Å². The van der Waals surface area contributed by atoms with E-state index >= 15 is 0 Å². The van der Waals surface area contributed by atoms with Crippen LogP contribution in [0.2, 0.25) is 0 Å². The third kappa shape index (κ3) is 2.96. The predicted molar refractivity (Wildman–Crippen MR) is 80.2 cm³/mol. The predicted octanol–water partition coefficient (Wildman–Crippen LogP) is 2.75. The molecule has 1 amide bonds. The lowest BCUT2D eigenvalue weighted by Gasteiger charge is -2.14. The summed E-state index contributed by atoms with van der Waals surface area (Å²) in [4.78, 5) is 25.8. The average molecular weight is 270 g/mol. The van der Waals surface area contributed by atoms with Crippen molar-refractivity contribution in [2.75, 3.05) is 5.32 Å². The van der Waals surface area contributed by atoms with Gasteiger partial charge in [-0.3, -0.25) is 9.59 Å². The molecule has 4 nitrogen and oxygen atoms in total. The summed E-state index contributed by atoms with van der Waals surface area (Å²) >= 11 is 0. The fourth-order valence-corrected chi connectivity index (χ4v) is 2.14. The molecule has 2 aromatic rings. The molecule has 1 aromatic heterocycles. The van der Waals surface area contributed by atoms with Gasteiger partial charge in [0.15, 0.2) is 0 Å². The molecule has 1 heterocycles. The van der Waals surface area contributed by atoms with Gasteiger partial charge in [0.25, 0.3) is 5.91 Å². The molecule has 4 heteroatoms. The zero-order valence-corrected chi connectivity index (χ0v) is 11.7. The number of H-pyrrole nitrogens is 1. The molecular weight excluding hydrogens is 252 g/mol. The number of carbonyl (C=O) groups excluding carboxylic acids is 1. The number of hydrogen-bond acceptors (Lipinski definition) is 2. The summed E-state index contributed by atoms with van der Waals surface area (Å²) in [6, 6.07) is 8.91. The Labute approximate surface area is 117 Å². The second kappa shape index (κ2) is 6.19. The molecule has 0 aliphatic rings. The summed E-state index contributed by atoms with van der Waals surface area (Å²) in [6.45, 7) is 4.12. The van der Waals surface area contributed by atoms with Crippen LogP contribution in [0.4, 0.5) is 5.69 Å². The first-order valence-corrected chi connectivity index (χ1v) is 6.76. The number of hydrogen-bond donors (Lipinski definition) is 2. The summed E-state index contributed by atoms with van der Waals surface area (Å²) in [5.41, 5.74) is 3.33. The van der Waals surface area contributed by atoms with Crippen LogP contribution in [-0.4, -0.2) is 10.9 Å². The normalized spacial score (nSPS) is 10.3. The van der Waals surface area contributed by atoms with E-state index in [9.17, 15) is 9.59 Å². The van der Waals surface area contributed by atoms with Gasteiger partial charge in [-0.1, -0.05) is 32.0 Å². The highest BCUT2D eigenvalue weighted by Crippen LogP contribution is 2.23. The number of anilines is 1. The summed E-state index contributed by atoms with van der Waals surface area (Å²) in [5.74, 6) is -0.211. The standard InChI is InChI=1S/C16H18N2O2/c1-3-11-6-5-7-12(4-2)15(11)18-16(20)13-8-9-14(19)17-10-13/h5-10H,3-4H2,1-2H3,(H,17,19)(H,18,20). The van der Waals surface area contributed by atoms with Crippen molar-refractivity contribution in [3.63, 3.8) is 0 Å². The number of aromatic amines is 1. The van der Waals surface area contributed by atoms with Crippen LogP contribution in [0, 0.1) is 0 Å². The number of carbonyl (C=O) groups is 1. The van der Waals surface area contributed by atoms with E-state index < -0.39 is 0 Å². The number of benzene rings is 1. The van der Waals surface area contributed by atoms with Crippen molar-refractivity contribution in [1.82, 2.24) is 4.98 Å². The van der Waals surface area contributed by atoms with Gasteiger partial charge in [-0.05, 0) is 30.0 Å². The first-order valence-electron chi connectivity index (χ1n) is 6.76. The third-order valence-electron chi connectivity index (χ3n) is 3.28. The minimum Gasteiger partial charge on any atom is -0.328 e. The van der Waals surface area contributed by atoms with Crippen molar-refractivity contribution in [3.8, 4) is 0 Å². The van der Waals surface area contributed by atoms with Crippen LogP contribution in [0.25, 0.3) is 0 Å². The molecule has 1 aromatic carbocycles. The van der Waals surface area contributed by atoms with Crippen LogP contribution in [0.15, 0.2) is 41.3 Å². The maximum Gasteiger partial charge on any atom is 0.257 e. The highest BCUT2D eigenvalue weighted by molar-refractivity contribution is 6.04. The molecule has 0 unspecified atom stereocenters. The topological polar surface area (TPSA) is 62.0 Å². The van der Waals surface area contributed by atoms with Crippen molar-refractivity contribution in [1.29, 1.82) is 0 Å². The van der Waals surface area contributed by atoms with Gasteiger partial charge in [0.1, 0.15) is 0 Å². The molecule has 104 valence electrons. The van der Waals surface area contributed by atoms with E-state index in [4.69, 9.17) is 0 Å². The number of nitrogens with one attached hydrogen (secondary N) is 2. The monoisotopic (exact) mass is 270 g/mol. The Kier molecular flexibility index (Phi) is 4.35. The van der Waals surface area contributed by atoms with Gasteiger partial charge in [0.05, 0.1) is 5.56 Å². The van der Waals surface area contributed by atoms with Crippen LogP contribution in [0.5, 0.6) is 0 Å². The minimum absolute atomic E-state index is 0.211. The van der Waals surface area contributed by atoms with Crippen LogP contribution in [-0.2, 0) is 12.8 Å². The molecule has 20 heavy (non-hydrogen) atoms. The Morgan fingerprint density at radius 2 is 1.75 bits per heavy atom. The Balaban J connectivity index is 2.31. The van der Waals surface area contributed by atoms with Crippen molar-refractivity contribution in [3.05, 3.63) is 63.6 Å². The first kappa shape index (κ1) is 14.1. The van der Waals surface area contributed by atoms with E-state index in [0.29, 0.717) is 5.56 Å². The van der Waals surface area contributed by atoms with Crippen LogP contribution < -0.4 is 10.9 Å². The number of aryl methyl sites for hydroxylation is 2. The Morgan fingerprint density at radius 3 is 2.25 bits per heavy atom. The lowest BCUT2D eigenvalue weighted by Crippen LogP contribution is -2.16. The minimum atomic E-state index is -0.218. The SMILES string of the molecule is CCc1cccc(CC)c1NC(=O)c1ccc(=O)[nH]c1. The van der Waals surface area contributed by atoms with E-state index in [1.165, 1.54) is 18.3 Å². The summed E-state index contributed by atoms with van der Waals surface area (Å²) in [6.07, 6.45) is 3.14. The molecule has 0 bridgehead atoms. The molecule has 2 rings (SSSR count). The quantitative estimate of drug-likeness (QED) is 0.897. The van der Waals surface area contributed by atoms with E-state index in [0.717, 1.165) is 29.7 Å². The van der Waals surface area contributed by atoms with Gasteiger partial charge in [-0.15, -0.1) is 0 Å². The molecular formula is C16H18N2O2. The fourth-order valence-electron chi connectivity index (χ4n) is 2.14. The second-order valence-electron chi connectivity index (χ2n) is 4.55. The molecule has 0 atom stereocenters. The summed E-state index contributed by atoms with van der Waals surface area (Å²) < 4.78 is 0. The second-order valence-corrected chi connectivity index (χ2v) is 4.55. The smallest absolute Gasteiger partial charge is 0.257 e. The fraction of sp³-hybridized carbons (Fsp3) is 0.250. The first-order chi connectivity index (χ1) is 9.65. The largest absolute Gasteiger partial charge is 0.328 e. The highest BCUT2D eigenvalue weighted by atomic mass is 16.1. The van der Waals surface area contributed by atoms with Crippen LogP contribution >= 0.6 is 0 Å². The number of rotatable bonds is 4. The summed E-state index contributed by atoms with van der Waals surface area (Å²) in [5, 5.41) is 2.96. The zero-order valence-electron chi connectivity index (χ0n) is 11.7. The van der Waals surface area contributed by atoms with Gasteiger partial charge < -0.3 is 10.3 Å². The number of para-hydroxylation sites is 1. The third-order valence-corrected chi connectivity index (χ3v) is 3.28. The molecule has 0 aliphatic heterocycles. The Hall–Kier alpha value is -2.36. The molecule has 0 radical (unpaired) electrons. The molecule has 0 spiro atoms. The van der Waals surface area contributed by atoms with E-state index in [1.54, 1.807) is 0 Å². The molecule has 0 saturated carbocycles. The number of aromatic nitrogens is 1. The highest BCUT2D eigenvalue weighted by Gasteiger charge is 2.11. The van der Waals surface area contributed by atoms with Crippen LogP contribution in [0.1, 0.15) is 35.3 Å². The van der Waals surface area contributed by atoms with Gasteiger partial charge in [0, 0.05) is 18.0 Å². The zero-order chi connectivity index (χ0) is 14.5. The van der Waals surface area contributed by atoms with Gasteiger partial charge in [-0.25, -0.2) is 0 Å². The molecule has 0 fully saturated rings. The molecule has 0 aliphatic carbocycles. The van der Waals surface area contributed by atoms with E-state index in [2.05, 4.69) is 24.1 Å². The maximum atomic E-state index is 12.2. The van der Waals surface area contributed by atoms with Crippen molar-refractivity contribution >= 4 is 11.6 Å². The van der Waals surface area contributed by atoms with Crippen LogP contribution in [0.3, 0.4) is 0 Å². The van der Waals surface area contributed by atoms with Gasteiger partial charge in [0.2, 0.25) is 5.56 Å². The lowest BCUT2D eigenvalue weighted by molar-refractivity contribution is 0.102. The van der Waals surface area contributed by atoms with Crippen molar-refractivity contribution in [2.24, 2.45) is 0 Å².